The molecule has 0 radical (unpaired) electrons. The molecule has 1 fully saturated rings. The number of hydrogen-bond donors (Lipinski definition) is 2. The fourth-order valence-electron chi connectivity index (χ4n) is 2.66. The van der Waals surface area contributed by atoms with Gasteiger partial charge in [0.25, 0.3) is 5.91 Å². The monoisotopic (exact) mass is 303 g/mol. The van der Waals surface area contributed by atoms with E-state index in [1.165, 1.54) is 12.8 Å². The maximum Gasteiger partial charge on any atom is 0.253 e. The van der Waals surface area contributed by atoms with Gasteiger partial charge in [-0.15, -0.1) is 0 Å². The van der Waals surface area contributed by atoms with Gasteiger partial charge in [0, 0.05) is 30.9 Å². The van der Waals surface area contributed by atoms with Gasteiger partial charge in [-0.05, 0) is 38.0 Å². The van der Waals surface area contributed by atoms with Crippen molar-refractivity contribution in [3.05, 3.63) is 29.8 Å². The first-order valence-corrected chi connectivity index (χ1v) is 8.10. The van der Waals surface area contributed by atoms with Crippen LogP contribution in [0.2, 0.25) is 0 Å². The van der Waals surface area contributed by atoms with E-state index in [9.17, 15) is 9.59 Å². The van der Waals surface area contributed by atoms with Crippen LogP contribution in [0.15, 0.2) is 24.3 Å². The number of hydrogen-bond acceptors (Lipinski definition) is 3. The third kappa shape index (κ3) is 4.76. The van der Waals surface area contributed by atoms with Crippen LogP contribution in [0.3, 0.4) is 0 Å². The van der Waals surface area contributed by atoms with Gasteiger partial charge in [-0.25, -0.2) is 0 Å². The second-order valence-electron chi connectivity index (χ2n) is 5.59. The van der Waals surface area contributed by atoms with Crippen molar-refractivity contribution in [1.29, 1.82) is 0 Å². The quantitative estimate of drug-likeness (QED) is 0.877. The maximum absolute atomic E-state index is 12.6. The van der Waals surface area contributed by atoms with Gasteiger partial charge < -0.3 is 15.5 Å². The molecule has 2 amide bonds. The molecule has 5 nitrogen and oxygen atoms in total. The number of carbonyl (C=O) groups excluding carboxylic acids is 2. The van der Waals surface area contributed by atoms with Gasteiger partial charge in [-0.2, -0.15) is 0 Å². The Morgan fingerprint density at radius 2 is 1.86 bits per heavy atom. The molecule has 0 saturated carbocycles. The summed E-state index contributed by atoms with van der Waals surface area (Å²) in [5, 5.41) is 5.79. The van der Waals surface area contributed by atoms with Crippen LogP contribution in [0.25, 0.3) is 0 Å². The first-order valence-electron chi connectivity index (χ1n) is 8.10. The standard InChI is InChI=1S/C17H25N3O2/c1-2-18-16(21)13-19-15-9-7-8-14(12-15)17(22)20-10-5-3-4-6-11-20/h7-9,12,19H,2-6,10-11,13H2,1H3,(H,18,21). The van der Waals surface area contributed by atoms with Crippen molar-refractivity contribution in [3.8, 4) is 0 Å². The van der Waals surface area contributed by atoms with Gasteiger partial charge in [0.15, 0.2) is 0 Å². The third-order valence-electron chi connectivity index (χ3n) is 3.83. The highest BCUT2D eigenvalue weighted by molar-refractivity contribution is 5.95. The van der Waals surface area contributed by atoms with Gasteiger partial charge >= 0.3 is 0 Å². The number of rotatable bonds is 5. The number of amides is 2. The Hall–Kier alpha value is -2.04. The van der Waals surface area contributed by atoms with Crippen molar-refractivity contribution < 1.29 is 9.59 Å². The summed E-state index contributed by atoms with van der Waals surface area (Å²) < 4.78 is 0. The van der Waals surface area contributed by atoms with Crippen LogP contribution in [0, 0.1) is 0 Å². The second-order valence-corrected chi connectivity index (χ2v) is 5.59. The molecule has 1 aromatic rings. The molecule has 1 saturated heterocycles. The van der Waals surface area contributed by atoms with Crippen LogP contribution in [0.4, 0.5) is 5.69 Å². The molecule has 0 aromatic heterocycles. The summed E-state index contributed by atoms with van der Waals surface area (Å²) in [6, 6.07) is 7.39. The lowest BCUT2D eigenvalue weighted by atomic mass is 10.1. The van der Waals surface area contributed by atoms with Gasteiger partial charge in [-0.1, -0.05) is 18.9 Å². The lowest BCUT2D eigenvalue weighted by molar-refractivity contribution is -0.119. The summed E-state index contributed by atoms with van der Waals surface area (Å²) in [5.74, 6) is 0.0373. The number of benzene rings is 1. The van der Waals surface area contributed by atoms with E-state index in [4.69, 9.17) is 0 Å². The van der Waals surface area contributed by atoms with E-state index in [-0.39, 0.29) is 18.4 Å². The van der Waals surface area contributed by atoms with Crippen molar-refractivity contribution in [1.82, 2.24) is 10.2 Å². The van der Waals surface area contributed by atoms with Gasteiger partial charge in [0.05, 0.1) is 6.54 Å². The smallest absolute Gasteiger partial charge is 0.253 e. The average Bonchev–Trinajstić information content (AvgIpc) is 2.82. The summed E-state index contributed by atoms with van der Waals surface area (Å²) in [5.41, 5.74) is 1.48. The molecule has 0 atom stereocenters. The summed E-state index contributed by atoms with van der Waals surface area (Å²) in [6.45, 7) is 4.41. The Morgan fingerprint density at radius 1 is 1.14 bits per heavy atom. The van der Waals surface area contributed by atoms with Crippen molar-refractivity contribution in [3.63, 3.8) is 0 Å². The lowest BCUT2D eigenvalue weighted by Crippen LogP contribution is -2.32. The number of carbonyl (C=O) groups is 2. The van der Waals surface area contributed by atoms with E-state index < -0.39 is 0 Å². The van der Waals surface area contributed by atoms with E-state index in [2.05, 4.69) is 10.6 Å². The van der Waals surface area contributed by atoms with Crippen LogP contribution in [0.5, 0.6) is 0 Å². The van der Waals surface area contributed by atoms with E-state index in [1.807, 2.05) is 36.1 Å². The molecule has 120 valence electrons. The Balaban J connectivity index is 1.97. The topological polar surface area (TPSA) is 61.4 Å². The van der Waals surface area contributed by atoms with Crippen molar-refractivity contribution in [2.75, 3.05) is 31.5 Å². The van der Waals surface area contributed by atoms with Gasteiger partial charge in [0.1, 0.15) is 0 Å². The molecule has 0 aliphatic carbocycles. The zero-order valence-corrected chi connectivity index (χ0v) is 13.2. The highest BCUT2D eigenvalue weighted by atomic mass is 16.2. The highest BCUT2D eigenvalue weighted by Crippen LogP contribution is 2.16. The van der Waals surface area contributed by atoms with E-state index in [1.54, 1.807) is 0 Å². The van der Waals surface area contributed by atoms with Crippen LogP contribution in [-0.2, 0) is 4.79 Å². The number of nitrogens with zero attached hydrogens (tertiary/aromatic N) is 1. The zero-order valence-electron chi connectivity index (χ0n) is 13.2. The third-order valence-corrected chi connectivity index (χ3v) is 3.83. The lowest BCUT2D eigenvalue weighted by Gasteiger charge is -2.20. The van der Waals surface area contributed by atoms with Crippen molar-refractivity contribution >= 4 is 17.5 Å². The molecular formula is C17H25N3O2. The normalized spacial score (nSPS) is 15.0. The highest BCUT2D eigenvalue weighted by Gasteiger charge is 2.17. The molecule has 1 aromatic carbocycles. The first-order chi connectivity index (χ1) is 10.7. The molecular weight excluding hydrogens is 278 g/mol. The largest absolute Gasteiger partial charge is 0.376 e. The average molecular weight is 303 g/mol. The minimum atomic E-state index is -0.0493. The van der Waals surface area contributed by atoms with Crippen LogP contribution in [-0.4, -0.2) is 42.9 Å². The van der Waals surface area contributed by atoms with Crippen LogP contribution >= 0.6 is 0 Å². The molecule has 0 bridgehead atoms. The Kier molecular flexibility index (Phi) is 6.25. The predicted octanol–water partition coefficient (Wildman–Crippen LogP) is 2.25. The fraction of sp³-hybridized carbons (Fsp3) is 0.529. The summed E-state index contributed by atoms with van der Waals surface area (Å²) in [6.07, 6.45) is 4.58. The molecule has 2 rings (SSSR count). The van der Waals surface area contributed by atoms with Gasteiger partial charge in [0.2, 0.25) is 5.91 Å². The zero-order chi connectivity index (χ0) is 15.8. The molecule has 1 aliphatic rings. The molecule has 5 heteroatoms. The Morgan fingerprint density at radius 3 is 2.55 bits per heavy atom. The predicted molar refractivity (Wildman–Crippen MR) is 88.0 cm³/mol. The summed E-state index contributed by atoms with van der Waals surface area (Å²) >= 11 is 0. The summed E-state index contributed by atoms with van der Waals surface area (Å²) in [4.78, 5) is 26.0. The van der Waals surface area contributed by atoms with E-state index in [0.29, 0.717) is 12.1 Å². The summed E-state index contributed by atoms with van der Waals surface area (Å²) in [7, 11) is 0. The van der Waals surface area contributed by atoms with E-state index in [0.717, 1.165) is 31.6 Å². The molecule has 0 spiro atoms. The van der Waals surface area contributed by atoms with E-state index >= 15 is 0 Å². The van der Waals surface area contributed by atoms with Gasteiger partial charge in [-0.3, -0.25) is 9.59 Å². The Labute approximate surface area is 132 Å². The molecule has 22 heavy (non-hydrogen) atoms. The number of nitrogens with one attached hydrogen (secondary N) is 2. The molecule has 2 N–H and O–H groups in total. The molecule has 1 heterocycles. The minimum absolute atomic E-state index is 0.0493. The second kappa shape index (κ2) is 8.41. The van der Waals surface area contributed by atoms with Crippen molar-refractivity contribution in [2.24, 2.45) is 0 Å². The fourth-order valence-corrected chi connectivity index (χ4v) is 2.66. The number of anilines is 1. The van der Waals surface area contributed by atoms with Crippen LogP contribution in [0.1, 0.15) is 43.0 Å². The first kappa shape index (κ1) is 16.3. The van der Waals surface area contributed by atoms with Crippen LogP contribution < -0.4 is 10.6 Å². The SMILES string of the molecule is CCNC(=O)CNc1cccc(C(=O)N2CCCCCC2)c1. The number of likely N-dealkylation sites (tertiary alicyclic amines) is 1. The molecule has 1 aliphatic heterocycles. The Bertz CT molecular complexity index is 508. The van der Waals surface area contributed by atoms with Crippen molar-refractivity contribution in [2.45, 2.75) is 32.6 Å². The minimum Gasteiger partial charge on any atom is -0.376 e. The number of likely N-dealkylation sites (N-methyl/N-ethyl adjacent to an activating group) is 1. The molecule has 0 unspecified atom stereocenters. The maximum atomic E-state index is 12.6.